The van der Waals surface area contributed by atoms with Crippen LogP contribution in [-0.4, -0.2) is 0 Å². The van der Waals surface area contributed by atoms with Crippen molar-refractivity contribution in [1.29, 1.82) is 0 Å². The van der Waals surface area contributed by atoms with Crippen LogP contribution in [0.1, 0.15) is 35.8 Å². The molecule has 1 heterocycles. The third kappa shape index (κ3) is 3.99. The molecule has 0 N–H and O–H groups in total. The maximum atomic E-state index is 6.15. The Labute approximate surface area is 152 Å². The number of hydrogen-bond acceptors (Lipinski definition) is 1. The summed E-state index contributed by atoms with van der Waals surface area (Å²) in [6.07, 6.45) is 3.92. The van der Waals surface area contributed by atoms with Crippen LogP contribution in [0.15, 0.2) is 63.5 Å². The van der Waals surface area contributed by atoms with Crippen molar-refractivity contribution in [3.63, 3.8) is 0 Å². The van der Waals surface area contributed by atoms with Gasteiger partial charge in [-0.3, -0.25) is 0 Å². The number of halogens is 1. The fourth-order valence-electron chi connectivity index (χ4n) is 3.00. The Morgan fingerprint density at radius 1 is 1.04 bits per heavy atom. The van der Waals surface area contributed by atoms with Gasteiger partial charge in [0.15, 0.2) is 0 Å². The molecule has 2 aromatic carbocycles. The van der Waals surface area contributed by atoms with Gasteiger partial charge in [0.1, 0.15) is 11.3 Å². The summed E-state index contributed by atoms with van der Waals surface area (Å²) < 4.78 is 7.25. The summed E-state index contributed by atoms with van der Waals surface area (Å²) in [5, 5.41) is 1.23. The second-order valence-electron chi connectivity index (χ2n) is 6.59. The molecule has 24 heavy (non-hydrogen) atoms. The summed E-state index contributed by atoms with van der Waals surface area (Å²) in [7, 11) is 0. The van der Waals surface area contributed by atoms with Crippen molar-refractivity contribution in [2.45, 2.75) is 39.5 Å². The first kappa shape index (κ1) is 17.0. The van der Waals surface area contributed by atoms with Gasteiger partial charge in [0, 0.05) is 21.8 Å². The van der Waals surface area contributed by atoms with E-state index in [1.54, 1.807) is 0 Å². The average Bonchev–Trinajstić information content (AvgIpc) is 2.89. The van der Waals surface area contributed by atoms with E-state index in [1.807, 2.05) is 6.07 Å². The van der Waals surface area contributed by atoms with Gasteiger partial charge in [0.25, 0.3) is 0 Å². The highest BCUT2D eigenvalue weighted by Gasteiger charge is 2.14. The van der Waals surface area contributed by atoms with Crippen LogP contribution in [-0.2, 0) is 19.3 Å². The zero-order valence-corrected chi connectivity index (χ0v) is 15.9. The Hall–Kier alpha value is -1.80. The summed E-state index contributed by atoms with van der Waals surface area (Å²) in [5.41, 5.74) is 6.19. The van der Waals surface area contributed by atoms with Gasteiger partial charge in [0.2, 0.25) is 0 Å². The first-order chi connectivity index (χ1) is 11.5. The molecule has 0 atom stereocenters. The molecule has 1 aromatic heterocycles. The van der Waals surface area contributed by atoms with E-state index < -0.39 is 0 Å². The Balaban J connectivity index is 1.90. The molecule has 0 radical (unpaired) electrons. The van der Waals surface area contributed by atoms with E-state index in [0.717, 1.165) is 41.5 Å². The van der Waals surface area contributed by atoms with E-state index in [2.05, 4.69) is 72.8 Å². The lowest BCUT2D eigenvalue weighted by Gasteiger charge is -2.05. The molecule has 3 rings (SSSR count). The second-order valence-corrected chi connectivity index (χ2v) is 7.50. The Bertz CT molecular complexity index is 856. The van der Waals surface area contributed by atoms with E-state index >= 15 is 0 Å². The Kier molecular flexibility index (Phi) is 5.25. The van der Waals surface area contributed by atoms with E-state index in [-0.39, 0.29) is 0 Å². The van der Waals surface area contributed by atoms with Crippen molar-refractivity contribution in [2.75, 3.05) is 0 Å². The third-order valence-corrected chi connectivity index (χ3v) is 4.89. The molecular weight excluding hydrogens is 360 g/mol. The predicted molar refractivity (Wildman–Crippen MR) is 106 cm³/mol. The fourth-order valence-corrected chi connectivity index (χ4v) is 3.36. The summed E-state index contributed by atoms with van der Waals surface area (Å²) >= 11 is 3.59. The highest BCUT2D eigenvalue weighted by Crippen LogP contribution is 2.31. The number of fused-ring (bicyclic) bond motifs is 1. The third-order valence-electron chi connectivity index (χ3n) is 4.40. The van der Waals surface area contributed by atoms with Gasteiger partial charge in [-0.25, -0.2) is 0 Å². The van der Waals surface area contributed by atoms with Crippen LogP contribution < -0.4 is 0 Å². The van der Waals surface area contributed by atoms with Crippen molar-refractivity contribution < 1.29 is 4.42 Å². The molecule has 0 unspecified atom stereocenters. The number of hydrogen-bond donors (Lipinski definition) is 0. The lowest BCUT2D eigenvalue weighted by atomic mass is 9.99. The summed E-state index contributed by atoms with van der Waals surface area (Å²) in [6, 6.07) is 15.1. The zero-order valence-electron chi connectivity index (χ0n) is 14.4. The molecule has 124 valence electrons. The minimum absolute atomic E-state index is 0.921. The molecule has 0 spiro atoms. The van der Waals surface area contributed by atoms with Crippen LogP contribution in [0, 0.1) is 6.92 Å². The largest absolute Gasteiger partial charge is 0.461 e. The number of furan rings is 1. The van der Waals surface area contributed by atoms with Crippen molar-refractivity contribution in [3.05, 3.63) is 81.5 Å². The molecule has 0 saturated carbocycles. The quantitative estimate of drug-likeness (QED) is 0.427. The molecule has 2 heteroatoms. The maximum Gasteiger partial charge on any atom is 0.134 e. The van der Waals surface area contributed by atoms with E-state index in [0.29, 0.717) is 0 Å². The van der Waals surface area contributed by atoms with Crippen molar-refractivity contribution >= 4 is 26.9 Å². The number of aryl methyl sites for hydroxylation is 4. The monoisotopic (exact) mass is 382 g/mol. The van der Waals surface area contributed by atoms with E-state index in [1.165, 1.54) is 27.6 Å². The highest BCUT2D eigenvalue weighted by molar-refractivity contribution is 9.10. The Morgan fingerprint density at radius 3 is 2.50 bits per heavy atom. The SMILES string of the molecule is C=C(C)CCc1oc2ccc(Br)cc2c1CCc1ccc(C)cc1. The van der Waals surface area contributed by atoms with Crippen molar-refractivity contribution in [2.24, 2.45) is 0 Å². The van der Waals surface area contributed by atoms with E-state index in [9.17, 15) is 0 Å². The summed E-state index contributed by atoms with van der Waals surface area (Å²) in [5.74, 6) is 1.11. The smallest absolute Gasteiger partial charge is 0.134 e. The Morgan fingerprint density at radius 2 is 1.79 bits per heavy atom. The van der Waals surface area contributed by atoms with Crippen molar-refractivity contribution in [3.8, 4) is 0 Å². The van der Waals surface area contributed by atoms with Crippen LogP contribution in [0.2, 0.25) is 0 Å². The molecule has 0 saturated heterocycles. The van der Waals surface area contributed by atoms with Crippen LogP contribution in [0.25, 0.3) is 11.0 Å². The summed E-state index contributed by atoms with van der Waals surface area (Å²) in [6.45, 7) is 8.22. The fraction of sp³-hybridized carbons (Fsp3) is 0.273. The van der Waals surface area contributed by atoms with Gasteiger partial charge in [-0.1, -0.05) is 51.3 Å². The first-order valence-electron chi connectivity index (χ1n) is 8.42. The van der Waals surface area contributed by atoms with Gasteiger partial charge >= 0.3 is 0 Å². The van der Waals surface area contributed by atoms with Gasteiger partial charge < -0.3 is 4.42 Å². The summed E-state index contributed by atoms with van der Waals surface area (Å²) in [4.78, 5) is 0. The predicted octanol–water partition coefficient (Wildman–Crippen LogP) is 6.80. The lowest BCUT2D eigenvalue weighted by Crippen LogP contribution is -1.95. The normalized spacial score (nSPS) is 11.1. The van der Waals surface area contributed by atoms with Gasteiger partial charge in [-0.2, -0.15) is 0 Å². The molecule has 0 aliphatic rings. The number of allylic oxidation sites excluding steroid dienone is 1. The molecule has 1 nitrogen and oxygen atoms in total. The first-order valence-corrected chi connectivity index (χ1v) is 9.22. The number of benzene rings is 2. The molecule has 3 aromatic rings. The molecule has 0 aliphatic carbocycles. The van der Waals surface area contributed by atoms with Gasteiger partial charge in [0.05, 0.1) is 0 Å². The minimum Gasteiger partial charge on any atom is -0.461 e. The van der Waals surface area contributed by atoms with Crippen molar-refractivity contribution in [1.82, 2.24) is 0 Å². The lowest BCUT2D eigenvalue weighted by molar-refractivity contribution is 0.540. The minimum atomic E-state index is 0.921. The van der Waals surface area contributed by atoms with Crippen LogP contribution in [0.3, 0.4) is 0 Å². The van der Waals surface area contributed by atoms with Crippen LogP contribution >= 0.6 is 15.9 Å². The standard InChI is InChI=1S/C22H23BrO/c1-15(2)4-12-21-19(11-9-17-7-5-16(3)6-8-17)20-14-18(23)10-13-22(20)24-21/h5-8,10,13-14H,1,4,9,11-12H2,2-3H3. The number of rotatable bonds is 6. The molecule has 0 aliphatic heterocycles. The molecular formula is C22H23BrO. The zero-order chi connectivity index (χ0) is 17.1. The topological polar surface area (TPSA) is 13.1 Å². The van der Waals surface area contributed by atoms with Gasteiger partial charge in [-0.15, -0.1) is 6.58 Å². The van der Waals surface area contributed by atoms with Crippen LogP contribution in [0.4, 0.5) is 0 Å². The molecule has 0 bridgehead atoms. The molecule has 0 amide bonds. The maximum absolute atomic E-state index is 6.15. The second kappa shape index (κ2) is 7.40. The van der Waals surface area contributed by atoms with Gasteiger partial charge in [-0.05, 0) is 56.9 Å². The van der Waals surface area contributed by atoms with E-state index in [4.69, 9.17) is 4.42 Å². The molecule has 0 fully saturated rings. The average molecular weight is 383 g/mol. The highest BCUT2D eigenvalue weighted by atomic mass is 79.9. The van der Waals surface area contributed by atoms with Crippen LogP contribution in [0.5, 0.6) is 0 Å².